The molecular formula is C19H22ClN3O2. The molecule has 6 heteroatoms. The van der Waals surface area contributed by atoms with Gasteiger partial charge in [0.1, 0.15) is 0 Å². The van der Waals surface area contributed by atoms with Crippen molar-refractivity contribution in [3.05, 3.63) is 57.0 Å². The van der Waals surface area contributed by atoms with E-state index in [1.54, 1.807) is 23.7 Å². The number of benzene rings is 1. The zero-order valence-electron chi connectivity index (χ0n) is 14.5. The van der Waals surface area contributed by atoms with E-state index in [-0.39, 0.29) is 17.2 Å². The van der Waals surface area contributed by atoms with E-state index in [0.717, 1.165) is 19.3 Å². The molecule has 0 aliphatic heterocycles. The zero-order chi connectivity index (χ0) is 18.0. The molecule has 0 bridgehead atoms. The number of nitrogens with zero attached hydrogens (tertiary/aromatic N) is 2. The number of halogens is 1. The lowest BCUT2D eigenvalue weighted by molar-refractivity contribution is 0.0902. The van der Waals surface area contributed by atoms with Gasteiger partial charge in [0.05, 0.1) is 10.7 Å². The number of hydrogen-bond acceptors (Lipinski definition) is 3. The molecule has 1 aromatic carbocycles. The van der Waals surface area contributed by atoms with E-state index in [0.29, 0.717) is 22.3 Å². The second-order valence-electron chi connectivity index (χ2n) is 6.70. The van der Waals surface area contributed by atoms with Crippen LogP contribution in [0.4, 0.5) is 0 Å². The Morgan fingerprint density at radius 3 is 2.72 bits per heavy atom. The molecule has 1 saturated carbocycles. The maximum absolute atomic E-state index is 12.6. The first-order valence-corrected chi connectivity index (χ1v) is 9.02. The van der Waals surface area contributed by atoms with Crippen molar-refractivity contribution in [3.8, 4) is 5.69 Å². The smallest absolute Gasteiger partial charge is 0.276 e. The summed E-state index contributed by atoms with van der Waals surface area (Å²) in [5.74, 6) is -0.00139. The Morgan fingerprint density at radius 1 is 1.28 bits per heavy atom. The number of para-hydroxylation sites is 1. The maximum atomic E-state index is 12.6. The number of rotatable bonds is 3. The summed E-state index contributed by atoms with van der Waals surface area (Å²) < 4.78 is 1.54. The van der Waals surface area contributed by atoms with Crippen LogP contribution in [0.2, 0.25) is 5.02 Å². The van der Waals surface area contributed by atoms with Crippen LogP contribution in [0.1, 0.15) is 48.8 Å². The summed E-state index contributed by atoms with van der Waals surface area (Å²) in [6.07, 6.45) is 4.32. The summed E-state index contributed by atoms with van der Waals surface area (Å²) in [5, 5.41) is 7.80. The molecule has 2 atom stereocenters. The number of nitrogens with one attached hydrogen (secondary N) is 1. The molecule has 1 aromatic heterocycles. The average Bonchev–Trinajstić information content (AvgIpc) is 2.58. The van der Waals surface area contributed by atoms with Crippen LogP contribution < -0.4 is 10.7 Å². The van der Waals surface area contributed by atoms with E-state index >= 15 is 0 Å². The summed E-state index contributed by atoms with van der Waals surface area (Å²) >= 11 is 6.24. The van der Waals surface area contributed by atoms with Gasteiger partial charge in [-0.05, 0) is 37.8 Å². The maximum Gasteiger partial charge on any atom is 0.276 e. The van der Waals surface area contributed by atoms with Crippen LogP contribution in [0.25, 0.3) is 5.69 Å². The van der Waals surface area contributed by atoms with Gasteiger partial charge in [0.2, 0.25) is 5.43 Å². The number of carbonyl (C=O) groups is 1. The molecular weight excluding hydrogens is 338 g/mol. The highest BCUT2D eigenvalue weighted by Crippen LogP contribution is 2.24. The normalized spacial score (nSPS) is 20.3. The van der Waals surface area contributed by atoms with Crippen LogP contribution in [0.3, 0.4) is 0 Å². The summed E-state index contributed by atoms with van der Waals surface area (Å²) in [6, 6.07) is 8.73. The molecule has 5 nitrogen and oxygen atoms in total. The van der Waals surface area contributed by atoms with Crippen molar-refractivity contribution in [2.45, 2.75) is 45.6 Å². The molecule has 3 rings (SSSR count). The fraction of sp³-hybridized carbons (Fsp3) is 0.421. The second-order valence-corrected chi connectivity index (χ2v) is 7.11. The van der Waals surface area contributed by atoms with E-state index < -0.39 is 5.91 Å². The predicted molar refractivity (Wildman–Crippen MR) is 98.5 cm³/mol. The van der Waals surface area contributed by atoms with Gasteiger partial charge in [-0.2, -0.15) is 5.10 Å². The molecule has 1 aliphatic rings. The molecule has 25 heavy (non-hydrogen) atoms. The molecule has 1 fully saturated rings. The Hall–Kier alpha value is -2.14. The van der Waals surface area contributed by atoms with Gasteiger partial charge in [0.15, 0.2) is 5.69 Å². The number of carbonyl (C=O) groups excluding carboxylic acids is 1. The lowest BCUT2D eigenvalue weighted by Gasteiger charge is -2.29. The predicted octanol–water partition coefficient (Wildman–Crippen LogP) is 3.50. The lowest BCUT2D eigenvalue weighted by atomic mass is 9.86. The number of hydrogen-bond donors (Lipinski definition) is 1. The first kappa shape index (κ1) is 17.7. The largest absolute Gasteiger partial charge is 0.348 e. The molecule has 0 saturated heterocycles. The van der Waals surface area contributed by atoms with E-state index in [9.17, 15) is 9.59 Å². The summed E-state index contributed by atoms with van der Waals surface area (Å²) in [5.41, 5.74) is 0.799. The Kier molecular flexibility index (Phi) is 5.23. The standard InChI is InChI=1S/C19H22ClN3O2/c1-12-7-3-5-9-15(12)21-19(25)18-17(24)11-13(2)23(22-18)16-10-6-4-8-14(16)20/h4,6,8,10-12,15H,3,5,7,9H2,1-2H3,(H,21,25). The molecule has 2 aromatic rings. The number of aromatic nitrogens is 2. The third kappa shape index (κ3) is 3.76. The van der Waals surface area contributed by atoms with Crippen molar-refractivity contribution < 1.29 is 4.79 Å². The fourth-order valence-electron chi connectivity index (χ4n) is 3.34. The van der Waals surface area contributed by atoms with Crippen LogP contribution in [0, 0.1) is 12.8 Å². The molecule has 0 radical (unpaired) electrons. The van der Waals surface area contributed by atoms with Gasteiger partial charge < -0.3 is 5.32 Å². The third-order valence-electron chi connectivity index (χ3n) is 4.83. The molecule has 0 spiro atoms. The van der Waals surface area contributed by atoms with Gasteiger partial charge in [0, 0.05) is 17.8 Å². The van der Waals surface area contributed by atoms with Crippen LogP contribution >= 0.6 is 11.6 Å². The van der Waals surface area contributed by atoms with E-state index in [1.807, 2.05) is 12.1 Å². The minimum absolute atomic E-state index is 0.0942. The molecule has 1 amide bonds. The minimum Gasteiger partial charge on any atom is -0.348 e. The molecule has 1 N–H and O–H groups in total. The Balaban J connectivity index is 1.94. The zero-order valence-corrected chi connectivity index (χ0v) is 15.2. The van der Waals surface area contributed by atoms with Gasteiger partial charge in [0.25, 0.3) is 5.91 Å². The quantitative estimate of drug-likeness (QED) is 0.912. The van der Waals surface area contributed by atoms with Crippen LogP contribution in [0.5, 0.6) is 0 Å². The van der Waals surface area contributed by atoms with Crippen LogP contribution in [-0.2, 0) is 0 Å². The van der Waals surface area contributed by atoms with Gasteiger partial charge in [-0.15, -0.1) is 0 Å². The van der Waals surface area contributed by atoms with Crippen molar-refractivity contribution in [3.63, 3.8) is 0 Å². The number of aryl methyl sites for hydroxylation is 1. The van der Waals surface area contributed by atoms with Crippen molar-refractivity contribution >= 4 is 17.5 Å². The second kappa shape index (κ2) is 7.40. The van der Waals surface area contributed by atoms with Gasteiger partial charge >= 0.3 is 0 Å². The van der Waals surface area contributed by atoms with Crippen molar-refractivity contribution in [1.29, 1.82) is 0 Å². The Bertz CT molecular complexity index is 847. The van der Waals surface area contributed by atoms with Gasteiger partial charge in [-0.25, -0.2) is 4.68 Å². The van der Waals surface area contributed by atoms with E-state index in [1.165, 1.54) is 12.5 Å². The highest BCUT2D eigenvalue weighted by atomic mass is 35.5. The fourth-order valence-corrected chi connectivity index (χ4v) is 3.56. The highest BCUT2D eigenvalue weighted by Gasteiger charge is 2.25. The number of amides is 1. The summed E-state index contributed by atoms with van der Waals surface area (Å²) in [4.78, 5) is 24.9. The third-order valence-corrected chi connectivity index (χ3v) is 5.15. The Morgan fingerprint density at radius 2 is 2.00 bits per heavy atom. The molecule has 132 valence electrons. The van der Waals surface area contributed by atoms with Crippen molar-refractivity contribution in [2.75, 3.05) is 0 Å². The molecule has 2 unspecified atom stereocenters. The van der Waals surface area contributed by atoms with Crippen molar-refractivity contribution in [2.24, 2.45) is 5.92 Å². The average molecular weight is 360 g/mol. The minimum atomic E-state index is -0.412. The van der Waals surface area contributed by atoms with Crippen LogP contribution in [-0.4, -0.2) is 21.7 Å². The SMILES string of the molecule is Cc1cc(=O)c(C(=O)NC2CCCCC2C)nn1-c1ccccc1Cl. The van der Waals surface area contributed by atoms with E-state index in [2.05, 4.69) is 17.3 Å². The highest BCUT2D eigenvalue weighted by molar-refractivity contribution is 6.32. The molecule has 1 heterocycles. The summed E-state index contributed by atoms with van der Waals surface area (Å²) in [6.45, 7) is 3.90. The van der Waals surface area contributed by atoms with Gasteiger partial charge in [-0.3, -0.25) is 9.59 Å². The van der Waals surface area contributed by atoms with Crippen molar-refractivity contribution in [1.82, 2.24) is 15.1 Å². The monoisotopic (exact) mass is 359 g/mol. The summed E-state index contributed by atoms with van der Waals surface area (Å²) in [7, 11) is 0. The topological polar surface area (TPSA) is 64.0 Å². The first-order valence-electron chi connectivity index (χ1n) is 8.64. The van der Waals surface area contributed by atoms with Gasteiger partial charge in [-0.1, -0.05) is 43.5 Å². The van der Waals surface area contributed by atoms with Crippen LogP contribution in [0.15, 0.2) is 35.1 Å². The first-order chi connectivity index (χ1) is 12.0. The van der Waals surface area contributed by atoms with E-state index in [4.69, 9.17) is 11.6 Å². The molecule has 1 aliphatic carbocycles. The Labute approximate surface area is 152 Å². The lowest BCUT2D eigenvalue weighted by Crippen LogP contribution is -2.43.